The first-order valence-electron chi connectivity index (χ1n) is 9.29. The SMILES string of the molecule is c1cn(CCc2nc(-c3ccc4c(c3)OCO4)c3cc4c(cc3n2)OCO4)cn1. The van der Waals surface area contributed by atoms with E-state index < -0.39 is 0 Å². The third kappa shape index (κ3) is 2.80. The van der Waals surface area contributed by atoms with E-state index in [9.17, 15) is 0 Å². The number of ether oxygens (including phenoxy) is 4. The van der Waals surface area contributed by atoms with Crippen LogP contribution in [0.4, 0.5) is 0 Å². The zero-order valence-corrected chi connectivity index (χ0v) is 15.4. The van der Waals surface area contributed by atoms with E-state index in [1.807, 2.05) is 41.1 Å². The van der Waals surface area contributed by atoms with Crippen LogP contribution in [-0.4, -0.2) is 33.1 Å². The first kappa shape index (κ1) is 16.2. The highest BCUT2D eigenvalue weighted by atomic mass is 16.7. The predicted molar refractivity (Wildman–Crippen MR) is 103 cm³/mol. The number of hydrogen-bond donors (Lipinski definition) is 0. The van der Waals surface area contributed by atoms with E-state index in [0.717, 1.165) is 46.0 Å². The van der Waals surface area contributed by atoms with Gasteiger partial charge in [0.2, 0.25) is 13.6 Å². The molecule has 0 unspecified atom stereocenters. The van der Waals surface area contributed by atoms with Gasteiger partial charge < -0.3 is 23.5 Å². The number of fused-ring (bicyclic) bond motifs is 3. The van der Waals surface area contributed by atoms with Crippen LogP contribution in [0.2, 0.25) is 0 Å². The standard InChI is InChI=1S/C21H16N4O4/c1-2-16-17(27-11-26-16)7-13(1)21-14-8-18-19(29-12-28-18)9-15(14)23-20(24-21)3-5-25-6-4-22-10-25/h1-2,4,6-10H,3,5,11-12H2. The van der Waals surface area contributed by atoms with Gasteiger partial charge in [-0.2, -0.15) is 0 Å². The molecule has 144 valence electrons. The normalized spacial score (nSPS) is 13.9. The van der Waals surface area contributed by atoms with Gasteiger partial charge >= 0.3 is 0 Å². The van der Waals surface area contributed by atoms with Crippen molar-refractivity contribution in [3.8, 4) is 34.3 Å². The van der Waals surface area contributed by atoms with Gasteiger partial charge in [-0.3, -0.25) is 0 Å². The number of rotatable bonds is 4. The molecule has 8 nitrogen and oxygen atoms in total. The molecule has 2 aromatic heterocycles. The lowest BCUT2D eigenvalue weighted by atomic mass is 10.0. The van der Waals surface area contributed by atoms with Crippen molar-refractivity contribution in [2.45, 2.75) is 13.0 Å². The molecule has 0 saturated heterocycles. The van der Waals surface area contributed by atoms with Crippen LogP contribution in [0.1, 0.15) is 5.82 Å². The van der Waals surface area contributed by atoms with E-state index in [2.05, 4.69) is 4.98 Å². The second-order valence-corrected chi connectivity index (χ2v) is 6.83. The smallest absolute Gasteiger partial charge is 0.231 e. The third-order valence-electron chi connectivity index (χ3n) is 5.04. The second kappa shape index (κ2) is 6.37. The molecule has 0 radical (unpaired) electrons. The Bertz CT molecular complexity index is 1220. The summed E-state index contributed by atoms with van der Waals surface area (Å²) in [6.07, 6.45) is 6.16. The van der Waals surface area contributed by atoms with E-state index in [1.54, 1.807) is 12.5 Å². The van der Waals surface area contributed by atoms with E-state index in [1.165, 1.54) is 0 Å². The highest BCUT2D eigenvalue weighted by Gasteiger charge is 2.20. The Morgan fingerprint density at radius 2 is 1.66 bits per heavy atom. The molecule has 29 heavy (non-hydrogen) atoms. The van der Waals surface area contributed by atoms with Crippen molar-refractivity contribution in [2.24, 2.45) is 0 Å². The zero-order valence-electron chi connectivity index (χ0n) is 15.4. The van der Waals surface area contributed by atoms with Crippen molar-refractivity contribution in [1.82, 2.24) is 19.5 Å². The number of hydrogen-bond acceptors (Lipinski definition) is 7. The lowest BCUT2D eigenvalue weighted by molar-refractivity contribution is 0.173. The van der Waals surface area contributed by atoms with Gasteiger partial charge in [0.1, 0.15) is 5.82 Å². The molecule has 0 bridgehead atoms. The molecule has 0 spiro atoms. The lowest BCUT2D eigenvalue weighted by Crippen LogP contribution is -2.04. The second-order valence-electron chi connectivity index (χ2n) is 6.83. The summed E-state index contributed by atoms with van der Waals surface area (Å²) in [6, 6.07) is 9.70. The summed E-state index contributed by atoms with van der Waals surface area (Å²) < 4.78 is 24.1. The Labute approximate surface area is 165 Å². The predicted octanol–water partition coefficient (Wildman–Crippen LogP) is 3.19. The molecule has 0 aliphatic carbocycles. The minimum atomic E-state index is 0.214. The van der Waals surface area contributed by atoms with Crippen molar-refractivity contribution in [1.29, 1.82) is 0 Å². The summed E-state index contributed by atoms with van der Waals surface area (Å²) in [5.41, 5.74) is 2.58. The van der Waals surface area contributed by atoms with E-state index in [4.69, 9.17) is 28.9 Å². The Hall–Kier alpha value is -3.81. The number of benzene rings is 2. The summed E-state index contributed by atoms with van der Waals surface area (Å²) in [4.78, 5) is 13.7. The maximum atomic E-state index is 5.57. The first-order valence-corrected chi connectivity index (χ1v) is 9.29. The quantitative estimate of drug-likeness (QED) is 0.531. The molecule has 6 rings (SSSR count). The summed E-state index contributed by atoms with van der Waals surface area (Å²) in [6.45, 7) is 1.20. The van der Waals surface area contributed by atoms with Crippen molar-refractivity contribution >= 4 is 10.9 Å². The van der Waals surface area contributed by atoms with Gasteiger partial charge in [0.25, 0.3) is 0 Å². The van der Waals surface area contributed by atoms with Gasteiger partial charge in [-0.1, -0.05) is 0 Å². The van der Waals surface area contributed by atoms with Crippen molar-refractivity contribution in [3.63, 3.8) is 0 Å². The summed E-state index contributed by atoms with van der Waals surface area (Å²) in [7, 11) is 0. The van der Waals surface area contributed by atoms with Crippen molar-refractivity contribution in [3.05, 3.63) is 54.9 Å². The third-order valence-corrected chi connectivity index (χ3v) is 5.04. The lowest BCUT2D eigenvalue weighted by Gasteiger charge is -2.11. The highest BCUT2D eigenvalue weighted by molar-refractivity contribution is 5.95. The monoisotopic (exact) mass is 388 g/mol. The van der Waals surface area contributed by atoms with Crippen molar-refractivity contribution < 1.29 is 18.9 Å². The van der Waals surface area contributed by atoms with Crippen LogP contribution in [0.25, 0.3) is 22.2 Å². The van der Waals surface area contributed by atoms with Crippen LogP contribution < -0.4 is 18.9 Å². The fraction of sp³-hybridized carbons (Fsp3) is 0.190. The molecule has 2 aliphatic heterocycles. The molecule has 0 N–H and O–H groups in total. The number of aryl methyl sites for hydroxylation is 2. The molecule has 0 atom stereocenters. The molecule has 0 saturated carbocycles. The Morgan fingerprint density at radius 3 is 2.48 bits per heavy atom. The zero-order chi connectivity index (χ0) is 19.2. The minimum absolute atomic E-state index is 0.214. The molecule has 0 fully saturated rings. The van der Waals surface area contributed by atoms with Crippen LogP contribution in [0, 0.1) is 0 Å². The molecule has 4 aromatic rings. The molecule has 2 aromatic carbocycles. The number of imidazole rings is 1. The summed E-state index contributed by atoms with van der Waals surface area (Å²) in [5, 5.41) is 0.902. The van der Waals surface area contributed by atoms with Gasteiger partial charge in [-0.25, -0.2) is 15.0 Å². The maximum absolute atomic E-state index is 5.57. The number of nitrogens with zero attached hydrogens (tertiary/aromatic N) is 4. The largest absolute Gasteiger partial charge is 0.454 e. The van der Waals surface area contributed by atoms with Crippen LogP contribution in [0.15, 0.2) is 49.1 Å². The average molecular weight is 388 g/mol. The van der Waals surface area contributed by atoms with Gasteiger partial charge in [0, 0.05) is 42.4 Å². The molecule has 8 heteroatoms. The fourth-order valence-electron chi connectivity index (χ4n) is 3.59. The van der Waals surface area contributed by atoms with Crippen LogP contribution in [0.5, 0.6) is 23.0 Å². The maximum Gasteiger partial charge on any atom is 0.231 e. The first-order chi connectivity index (χ1) is 14.3. The highest BCUT2D eigenvalue weighted by Crippen LogP contribution is 2.41. The van der Waals surface area contributed by atoms with Crippen molar-refractivity contribution in [2.75, 3.05) is 13.6 Å². The fourth-order valence-corrected chi connectivity index (χ4v) is 3.59. The van der Waals surface area contributed by atoms with Gasteiger partial charge in [-0.05, 0) is 24.3 Å². The average Bonchev–Trinajstić information content (AvgIpc) is 3.51. The molecule has 2 aliphatic rings. The number of aromatic nitrogens is 4. The Kier molecular flexibility index (Phi) is 3.55. The molecular weight excluding hydrogens is 372 g/mol. The summed E-state index contributed by atoms with van der Waals surface area (Å²) in [5.74, 6) is 3.61. The van der Waals surface area contributed by atoms with Gasteiger partial charge in [-0.15, -0.1) is 0 Å². The van der Waals surface area contributed by atoms with E-state index in [-0.39, 0.29) is 13.6 Å². The molecule has 0 amide bonds. The van der Waals surface area contributed by atoms with Crippen LogP contribution in [-0.2, 0) is 13.0 Å². The van der Waals surface area contributed by atoms with Gasteiger partial charge in [0.15, 0.2) is 23.0 Å². The topological polar surface area (TPSA) is 80.5 Å². The minimum Gasteiger partial charge on any atom is -0.454 e. The molecular formula is C21H16N4O4. The molecule has 4 heterocycles. The van der Waals surface area contributed by atoms with Gasteiger partial charge in [0.05, 0.1) is 17.5 Å². The van der Waals surface area contributed by atoms with E-state index in [0.29, 0.717) is 17.9 Å². The van der Waals surface area contributed by atoms with Crippen LogP contribution >= 0.6 is 0 Å². The summed E-state index contributed by atoms with van der Waals surface area (Å²) >= 11 is 0. The van der Waals surface area contributed by atoms with E-state index >= 15 is 0 Å². The Morgan fingerprint density at radius 1 is 0.862 bits per heavy atom. The van der Waals surface area contributed by atoms with Crippen LogP contribution in [0.3, 0.4) is 0 Å². The Balaban J connectivity index is 1.49.